The summed E-state index contributed by atoms with van der Waals surface area (Å²) >= 11 is 3.61. The summed E-state index contributed by atoms with van der Waals surface area (Å²) in [5, 5.41) is 2.40. The molecule has 0 atom stereocenters. The third-order valence-corrected chi connectivity index (χ3v) is 5.34. The second-order valence-electron chi connectivity index (χ2n) is 4.69. The lowest BCUT2D eigenvalue weighted by atomic mass is 10.2. The molecule has 0 aliphatic rings. The van der Waals surface area contributed by atoms with E-state index in [4.69, 9.17) is 5.73 Å². The van der Waals surface area contributed by atoms with Crippen molar-refractivity contribution in [1.29, 1.82) is 0 Å². The Morgan fingerprint density at radius 1 is 1.05 bits per heavy atom. The van der Waals surface area contributed by atoms with Gasteiger partial charge in [0, 0.05) is 27.2 Å². The number of fused-ring (bicyclic) bond motifs is 1. The second kappa shape index (κ2) is 6.60. The molecule has 2 aromatic carbocycles. The van der Waals surface area contributed by atoms with Crippen LogP contribution in [0.4, 0.5) is 0 Å². The second-order valence-corrected chi connectivity index (χ2v) is 7.08. The van der Waals surface area contributed by atoms with Crippen LogP contribution in [0.3, 0.4) is 0 Å². The van der Waals surface area contributed by atoms with Crippen LogP contribution < -0.4 is 5.73 Å². The molecule has 3 N–H and O–H groups in total. The highest BCUT2D eigenvalue weighted by Gasteiger charge is 2.10. The first-order valence-electron chi connectivity index (χ1n) is 7.02. The highest BCUT2D eigenvalue weighted by molar-refractivity contribution is 8.00. The Hall–Kier alpha value is -1.36. The Morgan fingerprint density at radius 3 is 2.62 bits per heavy atom. The van der Waals surface area contributed by atoms with E-state index in [1.807, 2.05) is 11.8 Å². The third kappa shape index (κ3) is 3.12. The summed E-state index contributed by atoms with van der Waals surface area (Å²) in [6.07, 6.45) is 0. The summed E-state index contributed by atoms with van der Waals surface area (Å²) in [5.74, 6) is 1.06. The van der Waals surface area contributed by atoms with Crippen molar-refractivity contribution < 1.29 is 0 Å². The van der Waals surface area contributed by atoms with Crippen LogP contribution in [0, 0.1) is 0 Å². The van der Waals surface area contributed by atoms with Crippen LogP contribution in [0.5, 0.6) is 0 Å². The summed E-state index contributed by atoms with van der Waals surface area (Å²) in [5.41, 5.74) is 8.39. The summed E-state index contributed by atoms with van der Waals surface area (Å²) in [6.45, 7) is 2.74. The molecule has 0 spiro atoms. The molecule has 0 saturated carbocycles. The maximum Gasteiger partial charge on any atom is 0.0781 e. The number of hydrogen-bond donors (Lipinski definition) is 2. The first kappa shape index (κ1) is 14.6. The largest absolute Gasteiger partial charge is 0.349 e. The van der Waals surface area contributed by atoms with Crippen LogP contribution >= 0.6 is 23.5 Å². The molecule has 0 aliphatic heterocycles. The van der Waals surface area contributed by atoms with Crippen LogP contribution in [0.1, 0.15) is 12.5 Å². The van der Waals surface area contributed by atoms with E-state index in [1.165, 1.54) is 26.3 Å². The Balaban J connectivity index is 1.95. The van der Waals surface area contributed by atoms with E-state index in [9.17, 15) is 0 Å². The van der Waals surface area contributed by atoms with Gasteiger partial charge >= 0.3 is 0 Å². The van der Waals surface area contributed by atoms with E-state index < -0.39 is 0 Å². The summed E-state index contributed by atoms with van der Waals surface area (Å²) in [6, 6.07) is 17.0. The zero-order valence-corrected chi connectivity index (χ0v) is 13.6. The molecule has 0 amide bonds. The van der Waals surface area contributed by atoms with Crippen LogP contribution in [0.15, 0.2) is 63.3 Å². The number of thioether (sulfide) groups is 1. The van der Waals surface area contributed by atoms with Gasteiger partial charge in [0.25, 0.3) is 0 Å². The molecule has 21 heavy (non-hydrogen) atoms. The lowest BCUT2D eigenvalue weighted by Gasteiger charge is -2.11. The van der Waals surface area contributed by atoms with E-state index in [0.717, 1.165) is 10.8 Å². The highest BCUT2D eigenvalue weighted by Crippen LogP contribution is 2.35. The molecule has 0 aliphatic carbocycles. The average Bonchev–Trinajstić information content (AvgIpc) is 2.90. The lowest BCUT2D eigenvalue weighted by Crippen LogP contribution is -2.00. The fraction of sp³-hybridized carbons (Fsp3) is 0.176. The molecule has 1 aromatic heterocycles. The van der Waals surface area contributed by atoms with Gasteiger partial charge in [0.2, 0.25) is 0 Å². The van der Waals surface area contributed by atoms with Gasteiger partial charge in [-0.1, -0.05) is 43.0 Å². The SMILES string of the molecule is CCSc1cccc(Sc2cc3ccccc3[nH]2)c1CN. The van der Waals surface area contributed by atoms with E-state index in [0.29, 0.717) is 6.54 Å². The van der Waals surface area contributed by atoms with Crippen molar-refractivity contribution >= 4 is 34.4 Å². The average molecular weight is 314 g/mol. The predicted octanol–water partition coefficient (Wildman–Crippen LogP) is 4.89. The minimum atomic E-state index is 0.575. The molecule has 108 valence electrons. The molecule has 1 heterocycles. The van der Waals surface area contributed by atoms with Crippen molar-refractivity contribution in [3.63, 3.8) is 0 Å². The third-order valence-electron chi connectivity index (χ3n) is 3.32. The van der Waals surface area contributed by atoms with Crippen LogP contribution in [-0.2, 0) is 6.54 Å². The fourth-order valence-electron chi connectivity index (χ4n) is 2.35. The fourth-order valence-corrected chi connectivity index (χ4v) is 4.32. The van der Waals surface area contributed by atoms with Gasteiger partial charge in [-0.25, -0.2) is 0 Å². The number of benzene rings is 2. The van der Waals surface area contributed by atoms with Crippen molar-refractivity contribution in [2.24, 2.45) is 5.73 Å². The smallest absolute Gasteiger partial charge is 0.0781 e. The van der Waals surface area contributed by atoms with Crippen molar-refractivity contribution in [3.05, 3.63) is 54.1 Å². The minimum Gasteiger partial charge on any atom is -0.349 e. The van der Waals surface area contributed by atoms with Gasteiger partial charge in [-0.05, 0) is 35.6 Å². The number of H-pyrrole nitrogens is 1. The first-order valence-corrected chi connectivity index (χ1v) is 8.82. The number of para-hydroxylation sites is 1. The van der Waals surface area contributed by atoms with Gasteiger partial charge in [-0.3, -0.25) is 0 Å². The van der Waals surface area contributed by atoms with Gasteiger partial charge in [-0.2, -0.15) is 0 Å². The normalized spacial score (nSPS) is 11.1. The van der Waals surface area contributed by atoms with Crippen molar-refractivity contribution in [1.82, 2.24) is 4.98 Å². The predicted molar refractivity (Wildman–Crippen MR) is 93.2 cm³/mol. The number of nitrogens with one attached hydrogen (secondary N) is 1. The standard InChI is InChI=1S/C17H18N2S2/c1-2-20-15-8-5-9-16(13(15)11-18)21-17-10-12-6-3-4-7-14(12)19-17/h3-10,19H,2,11,18H2,1H3. The summed E-state index contributed by atoms with van der Waals surface area (Å²) in [4.78, 5) is 5.99. The molecule has 0 unspecified atom stereocenters. The van der Waals surface area contributed by atoms with Gasteiger partial charge in [-0.15, -0.1) is 11.8 Å². The maximum atomic E-state index is 5.97. The van der Waals surface area contributed by atoms with Gasteiger partial charge in [0.1, 0.15) is 0 Å². The Bertz CT molecular complexity index is 716. The molecule has 3 rings (SSSR count). The quantitative estimate of drug-likeness (QED) is 0.659. The van der Waals surface area contributed by atoms with Crippen molar-refractivity contribution in [2.45, 2.75) is 28.3 Å². The molecule has 2 nitrogen and oxygen atoms in total. The molecule has 4 heteroatoms. The Labute approximate surface area is 133 Å². The Morgan fingerprint density at radius 2 is 1.86 bits per heavy atom. The Kier molecular flexibility index (Phi) is 4.58. The number of aromatic nitrogens is 1. The zero-order valence-electron chi connectivity index (χ0n) is 11.9. The highest BCUT2D eigenvalue weighted by atomic mass is 32.2. The van der Waals surface area contributed by atoms with E-state index in [-0.39, 0.29) is 0 Å². The minimum absolute atomic E-state index is 0.575. The van der Waals surface area contributed by atoms with Crippen LogP contribution in [-0.4, -0.2) is 10.7 Å². The van der Waals surface area contributed by atoms with Gasteiger partial charge in [0.05, 0.1) is 5.03 Å². The molecular formula is C17H18N2S2. The number of hydrogen-bond acceptors (Lipinski definition) is 3. The van der Waals surface area contributed by atoms with E-state index in [2.05, 4.69) is 60.4 Å². The van der Waals surface area contributed by atoms with Crippen molar-refractivity contribution in [2.75, 3.05) is 5.75 Å². The molecule has 0 saturated heterocycles. The summed E-state index contributed by atoms with van der Waals surface area (Å²) < 4.78 is 0. The van der Waals surface area contributed by atoms with Gasteiger partial charge in [0.15, 0.2) is 0 Å². The van der Waals surface area contributed by atoms with Gasteiger partial charge < -0.3 is 10.7 Å². The van der Waals surface area contributed by atoms with E-state index >= 15 is 0 Å². The molecule has 0 radical (unpaired) electrons. The number of nitrogens with two attached hydrogens (primary N) is 1. The van der Waals surface area contributed by atoms with Crippen LogP contribution in [0.2, 0.25) is 0 Å². The number of aromatic amines is 1. The van der Waals surface area contributed by atoms with Crippen LogP contribution in [0.25, 0.3) is 10.9 Å². The molecular weight excluding hydrogens is 296 g/mol. The van der Waals surface area contributed by atoms with E-state index in [1.54, 1.807) is 11.8 Å². The molecule has 0 bridgehead atoms. The lowest BCUT2D eigenvalue weighted by molar-refractivity contribution is 0.979. The topological polar surface area (TPSA) is 41.8 Å². The summed E-state index contributed by atoms with van der Waals surface area (Å²) in [7, 11) is 0. The monoisotopic (exact) mass is 314 g/mol. The molecule has 3 aromatic rings. The maximum absolute atomic E-state index is 5.97. The first-order chi connectivity index (χ1) is 10.3. The van der Waals surface area contributed by atoms with Crippen molar-refractivity contribution in [3.8, 4) is 0 Å². The number of rotatable bonds is 5. The zero-order chi connectivity index (χ0) is 14.7. The molecule has 0 fully saturated rings.